The molecule has 122 valence electrons. The number of aliphatic imine (C=N–C) groups is 1. The molecule has 0 saturated heterocycles. The number of hydrogen-bond donors (Lipinski definition) is 1. The number of benzene rings is 1. The normalized spacial score (nSPS) is 22.2. The van der Waals surface area contributed by atoms with Gasteiger partial charge in [0.05, 0.1) is 5.71 Å². The first kappa shape index (κ1) is 15.7. The molecule has 23 heavy (non-hydrogen) atoms. The van der Waals surface area contributed by atoms with Crippen molar-refractivity contribution in [2.24, 2.45) is 10.9 Å². The Morgan fingerprint density at radius 3 is 2.57 bits per heavy atom. The molecule has 0 unspecified atom stereocenters. The lowest BCUT2D eigenvalue weighted by atomic mass is 9.89. The highest BCUT2D eigenvalue weighted by Crippen LogP contribution is 2.31. The van der Waals surface area contributed by atoms with Crippen molar-refractivity contribution in [2.45, 2.75) is 51.7 Å². The maximum absolute atomic E-state index is 12.3. The zero-order valence-electron chi connectivity index (χ0n) is 13.4. The maximum atomic E-state index is 12.3. The van der Waals surface area contributed by atoms with Crippen LogP contribution < -0.4 is 5.32 Å². The second kappa shape index (κ2) is 6.94. The Bertz CT molecular complexity index is 631. The lowest BCUT2D eigenvalue weighted by Gasteiger charge is -2.18. The van der Waals surface area contributed by atoms with Crippen LogP contribution in [-0.2, 0) is 14.3 Å². The summed E-state index contributed by atoms with van der Waals surface area (Å²) in [5.74, 6) is -0.583. The molecule has 1 aliphatic carbocycles. The largest absolute Gasteiger partial charge is 0.430 e. The van der Waals surface area contributed by atoms with E-state index in [0.29, 0.717) is 5.92 Å². The quantitative estimate of drug-likeness (QED) is 0.673. The van der Waals surface area contributed by atoms with Gasteiger partial charge in [-0.2, -0.15) is 0 Å². The molecule has 5 nitrogen and oxygen atoms in total. The molecule has 1 amide bonds. The molecule has 1 N–H and O–H groups in total. The van der Waals surface area contributed by atoms with Gasteiger partial charge >= 0.3 is 5.97 Å². The topological polar surface area (TPSA) is 67.8 Å². The number of anilines is 1. The Morgan fingerprint density at radius 2 is 1.87 bits per heavy atom. The standard InChI is InChI=1S/C18H22N2O3/c1-12(21)23-18-17(22)19-15-11-7-6-10-14(15)16(20-18)13-8-4-2-3-5-9-13/h6-7,10-11,13,18H,2-5,8-9H2,1H3,(H,19,22)/t18-/m0/s1. The van der Waals surface area contributed by atoms with Crippen molar-refractivity contribution in [3.8, 4) is 0 Å². The first-order chi connectivity index (χ1) is 11.1. The first-order valence-corrected chi connectivity index (χ1v) is 8.30. The van der Waals surface area contributed by atoms with Crippen LogP contribution in [0.3, 0.4) is 0 Å². The first-order valence-electron chi connectivity index (χ1n) is 8.30. The number of rotatable bonds is 2. The second-order valence-corrected chi connectivity index (χ2v) is 6.20. The van der Waals surface area contributed by atoms with E-state index < -0.39 is 18.1 Å². The Labute approximate surface area is 136 Å². The Morgan fingerprint density at radius 1 is 1.17 bits per heavy atom. The summed E-state index contributed by atoms with van der Waals surface area (Å²) in [7, 11) is 0. The summed E-state index contributed by atoms with van der Waals surface area (Å²) in [5.41, 5.74) is 2.59. The number of para-hydroxylation sites is 1. The summed E-state index contributed by atoms with van der Waals surface area (Å²) in [6, 6.07) is 7.68. The summed E-state index contributed by atoms with van der Waals surface area (Å²) >= 11 is 0. The minimum atomic E-state index is -1.10. The molecule has 0 aromatic heterocycles. The van der Waals surface area contributed by atoms with Gasteiger partial charge in [0.25, 0.3) is 12.1 Å². The van der Waals surface area contributed by atoms with Crippen LogP contribution in [0.1, 0.15) is 51.0 Å². The summed E-state index contributed by atoms with van der Waals surface area (Å²) in [4.78, 5) is 28.2. The van der Waals surface area contributed by atoms with Gasteiger partial charge in [-0.3, -0.25) is 9.59 Å². The molecule has 1 aromatic rings. The Hall–Kier alpha value is -2.17. The summed E-state index contributed by atoms with van der Waals surface area (Å²) in [6.45, 7) is 1.30. The number of carbonyl (C=O) groups excluding carboxylic acids is 2. The van der Waals surface area contributed by atoms with E-state index in [1.54, 1.807) is 0 Å². The van der Waals surface area contributed by atoms with Crippen molar-refractivity contribution < 1.29 is 14.3 Å². The number of esters is 1. The molecule has 1 aliphatic heterocycles. The summed E-state index contributed by atoms with van der Waals surface area (Å²) < 4.78 is 5.13. The van der Waals surface area contributed by atoms with Crippen LogP contribution in [0, 0.1) is 5.92 Å². The van der Waals surface area contributed by atoms with Gasteiger partial charge in [-0.1, -0.05) is 43.9 Å². The zero-order valence-corrected chi connectivity index (χ0v) is 13.4. The highest BCUT2D eigenvalue weighted by atomic mass is 16.6. The molecule has 1 fully saturated rings. The van der Waals surface area contributed by atoms with Crippen molar-refractivity contribution in [2.75, 3.05) is 5.32 Å². The van der Waals surface area contributed by atoms with E-state index >= 15 is 0 Å². The van der Waals surface area contributed by atoms with E-state index in [9.17, 15) is 9.59 Å². The number of benzodiazepines with no additional fused rings is 1. The molecule has 1 heterocycles. The number of nitrogens with zero attached hydrogens (tertiary/aromatic N) is 1. The predicted molar refractivity (Wildman–Crippen MR) is 88.4 cm³/mol. The number of amides is 1. The van der Waals surface area contributed by atoms with E-state index in [1.807, 2.05) is 24.3 Å². The third kappa shape index (κ3) is 3.60. The molecular formula is C18H22N2O3. The second-order valence-electron chi connectivity index (χ2n) is 6.20. The molecule has 0 spiro atoms. The van der Waals surface area contributed by atoms with E-state index in [1.165, 1.54) is 32.6 Å². The molecule has 3 rings (SSSR count). The summed E-state index contributed by atoms with van der Waals surface area (Å²) in [5, 5.41) is 2.83. The third-order valence-corrected chi connectivity index (χ3v) is 4.46. The highest BCUT2D eigenvalue weighted by Gasteiger charge is 2.30. The van der Waals surface area contributed by atoms with Crippen LogP contribution in [0.2, 0.25) is 0 Å². The number of hydrogen-bond acceptors (Lipinski definition) is 4. The fourth-order valence-corrected chi connectivity index (χ4v) is 3.38. The molecule has 2 aliphatic rings. The molecular weight excluding hydrogens is 292 g/mol. The molecule has 0 bridgehead atoms. The molecule has 1 saturated carbocycles. The number of carbonyl (C=O) groups is 2. The van der Waals surface area contributed by atoms with E-state index in [2.05, 4.69) is 10.3 Å². The van der Waals surface area contributed by atoms with Crippen molar-refractivity contribution >= 4 is 23.3 Å². The smallest absolute Gasteiger partial charge is 0.305 e. The van der Waals surface area contributed by atoms with E-state index in [4.69, 9.17) is 4.74 Å². The van der Waals surface area contributed by atoms with Gasteiger partial charge in [0.1, 0.15) is 0 Å². The van der Waals surface area contributed by atoms with Gasteiger partial charge in [0.15, 0.2) is 0 Å². The Kier molecular flexibility index (Phi) is 4.74. The highest BCUT2D eigenvalue weighted by molar-refractivity contribution is 6.12. The zero-order chi connectivity index (χ0) is 16.2. The average Bonchev–Trinajstić information content (AvgIpc) is 2.86. The Balaban J connectivity index is 2.01. The van der Waals surface area contributed by atoms with Crippen LogP contribution in [0.25, 0.3) is 0 Å². The van der Waals surface area contributed by atoms with Crippen molar-refractivity contribution in [1.82, 2.24) is 0 Å². The van der Waals surface area contributed by atoms with Crippen molar-refractivity contribution in [3.05, 3.63) is 29.8 Å². The van der Waals surface area contributed by atoms with Crippen molar-refractivity contribution in [1.29, 1.82) is 0 Å². The van der Waals surface area contributed by atoms with Gasteiger partial charge in [-0.05, 0) is 18.9 Å². The summed E-state index contributed by atoms with van der Waals surface area (Å²) in [6.07, 6.45) is 5.86. The predicted octanol–water partition coefficient (Wildman–Crippen LogP) is 3.29. The van der Waals surface area contributed by atoms with Crippen molar-refractivity contribution in [3.63, 3.8) is 0 Å². The van der Waals surface area contributed by atoms with Gasteiger partial charge in [-0.15, -0.1) is 0 Å². The van der Waals surface area contributed by atoms with Crippen LogP contribution in [0.4, 0.5) is 5.69 Å². The lowest BCUT2D eigenvalue weighted by molar-refractivity contribution is -0.151. The fourth-order valence-electron chi connectivity index (χ4n) is 3.38. The SMILES string of the molecule is CC(=O)O[C@@H]1N=C(C2CCCCCC2)c2ccccc2NC1=O. The van der Waals surface area contributed by atoms with Crippen LogP contribution >= 0.6 is 0 Å². The number of fused-ring (bicyclic) bond motifs is 1. The van der Waals surface area contributed by atoms with E-state index in [0.717, 1.165) is 29.8 Å². The van der Waals surface area contributed by atoms with Crippen LogP contribution in [0.15, 0.2) is 29.3 Å². The minimum absolute atomic E-state index is 0.310. The van der Waals surface area contributed by atoms with Crippen LogP contribution in [-0.4, -0.2) is 23.8 Å². The van der Waals surface area contributed by atoms with Gasteiger partial charge in [-0.25, -0.2) is 4.99 Å². The lowest BCUT2D eigenvalue weighted by Crippen LogP contribution is -2.30. The van der Waals surface area contributed by atoms with Gasteiger partial charge < -0.3 is 10.1 Å². The molecule has 1 atom stereocenters. The maximum Gasteiger partial charge on any atom is 0.305 e. The number of nitrogens with one attached hydrogen (secondary N) is 1. The molecule has 0 radical (unpaired) electrons. The minimum Gasteiger partial charge on any atom is -0.430 e. The monoisotopic (exact) mass is 314 g/mol. The number of ether oxygens (including phenoxy) is 1. The average molecular weight is 314 g/mol. The van der Waals surface area contributed by atoms with Gasteiger partial charge in [0.2, 0.25) is 0 Å². The fraction of sp³-hybridized carbons (Fsp3) is 0.500. The van der Waals surface area contributed by atoms with Crippen LogP contribution in [0.5, 0.6) is 0 Å². The molecule has 5 heteroatoms. The third-order valence-electron chi connectivity index (χ3n) is 4.46. The van der Waals surface area contributed by atoms with Gasteiger partial charge in [0, 0.05) is 24.1 Å². The van der Waals surface area contributed by atoms with E-state index in [-0.39, 0.29) is 0 Å². The molecule has 1 aromatic carbocycles.